The normalized spacial score (nSPS) is 11.9. The van der Waals surface area contributed by atoms with Crippen LogP contribution in [0.1, 0.15) is 48.8 Å². The predicted molar refractivity (Wildman–Crippen MR) is 124 cm³/mol. The van der Waals surface area contributed by atoms with Gasteiger partial charge in [-0.15, -0.1) is 0 Å². The molecule has 0 aliphatic rings. The lowest BCUT2D eigenvalue weighted by molar-refractivity contribution is 0.0474. The maximum atomic E-state index is 12.8. The van der Waals surface area contributed by atoms with Crippen molar-refractivity contribution in [1.82, 2.24) is 4.57 Å². The average molecular weight is 438 g/mol. The Morgan fingerprint density at radius 1 is 0.968 bits per heavy atom. The number of hydrogen-bond acceptors (Lipinski definition) is 4. The SMILES string of the molecule is Cc1ccc(-n2c(C)cc(C(=O)COC(=O)c3cccc(CS(C)=O)c3)c2C)cc1C. The third-order valence-electron chi connectivity index (χ3n) is 5.35. The van der Waals surface area contributed by atoms with Crippen LogP contribution in [0.3, 0.4) is 0 Å². The minimum atomic E-state index is -1.00. The van der Waals surface area contributed by atoms with Gasteiger partial charge in [0, 0.05) is 45.4 Å². The van der Waals surface area contributed by atoms with Crippen LogP contribution >= 0.6 is 0 Å². The van der Waals surface area contributed by atoms with E-state index in [1.807, 2.05) is 36.6 Å². The van der Waals surface area contributed by atoms with E-state index in [1.165, 1.54) is 11.1 Å². The zero-order chi connectivity index (χ0) is 22.7. The number of aromatic nitrogens is 1. The third kappa shape index (κ3) is 5.20. The van der Waals surface area contributed by atoms with Crippen LogP contribution in [0.15, 0.2) is 48.5 Å². The van der Waals surface area contributed by atoms with Crippen molar-refractivity contribution in [2.24, 2.45) is 0 Å². The molecule has 2 aromatic carbocycles. The molecule has 6 heteroatoms. The Hall–Kier alpha value is -2.99. The fraction of sp³-hybridized carbons (Fsp3) is 0.280. The van der Waals surface area contributed by atoms with Crippen molar-refractivity contribution >= 4 is 22.6 Å². The van der Waals surface area contributed by atoms with Gasteiger partial charge in [-0.3, -0.25) is 9.00 Å². The Morgan fingerprint density at radius 2 is 1.71 bits per heavy atom. The first kappa shape index (κ1) is 22.7. The molecule has 1 aromatic heterocycles. The summed E-state index contributed by atoms with van der Waals surface area (Å²) in [6.45, 7) is 7.64. The number of ether oxygens (including phenoxy) is 1. The van der Waals surface area contributed by atoms with Crippen LogP contribution < -0.4 is 0 Å². The standard InChI is InChI=1S/C25H27NO4S/c1-16-9-10-22(11-17(16)2)26-18(3)12-23(19(26)4)24(27)14-30-25(28)21-8-6-7-20(13-21)15-31(5)29/h6-13H,14-15H2,1-5H3. The second-order valence-electron chi connectivity index (χ2n) is 7.81. The number of aryl methyl sites for hydroxylation is 3. The van der Waals surface area contributed by atoms with Crippen molar-refractivity contribution in [2.75, 3.05) is 12.9 Å². The highest BCUT2D eigenvalue weighted by atomic mass is 32.2. The van der Waals surface area contributed by atoms with E-state index < -0.39 is 16.8 Å². The lowest BCUT2D eigenvalue weighted by atomic mass is 10.1. The number of nitrogens with zero attached hydrogens (tertiary/aromatic N) is 1. The first-order chi connectivity index (χ1) is 14.7. The summed E-state index contributed by atoms with van der Waals surface area (Å²) in [5.41, 5.74) is 6.82. The summed E-state index contributed by atoms with van der Waals surface area (Å²) in [6, 6.07) is 14.8. The molecule has 0 N–H and O–H groups in total. The summed E-state index contributed by atoms with van der Waals surface area (Å²) in [6.07, 6.45) is 1.61. The van der Waals surface area contributed by atoms with E-state index >= 15 is 0 Å². The molecule has 0 spiro atoms. The summed E-state index contributed by atoms with van der Waals surface area (Å²) in [5.74, 6) is -0.452. The fourth-order valence-corrected chi connectivity index (χ4v) is 4.27. The number of hydrogen-bond donors (Lipinski definition) is 0. The first-order valence-electron chi connectivity index (χ1n) is 10.0. The Balaban J connectivity index is 1.75. The van der Waals surface area contributed by atoms with Crippen LogP contribution in [0.2, 0.25) is 0 Å². The maximum Gasteiger partial charge on any atom is 0.338 e. The smallest absolute Gasteiger partial charge is 0.338 e. The zero-order valence-corrected chi connectivity index (χ0v) is 19.3. The third-order valence-corrected chi connectivity index (χ3v) is 6.09. The van der Waals surface area contributed by atoms with Gasteiger partial charge in [-0.2, -0.15) is 0 Å². The molecule has 0 aliphatic carbocycles. The van der Waals surface area contributed by atoms with Crippen LogP contribution in [-0.4, -0.2) is 33.4 Å². The number of Topliss-reactive ketones (excluding diaryl/α,β-unsaturated/α-hetero) is 1. The average Bonchev–Trinajstić information content (AvgIpc) is 3.02. The van der Waals surface area contributed by atoms with Crippen molar-refractivity contribution in [2.45, 2.75) is 33.4 Å². The number of benzene rings is 2. The molecule has 3 rings (SSSR count). The molecule has 1 heterocycles. The lowest BCUT2D eigenvalue weighted by Gasteiger charge is -2.12. The molecular weight excluding hydrogens is 410 g/mol. The Bertz CT molecular complexity index is 1180. The Morgan fingerprint density at radius 3 is 2.39 bits per heavy atom. The van der Waals surface area contributed by atoms with E-state index in [4.69, 9.17) is 4.74 Å². The highest BCUT2D eigenvalue weighted by Crippen LogP contribution is 2.23. The highest BCUT2D eigenvalue weighted by molar-refractivity contribution is 7.83. The quantitative estimate of drug-likeness (QED) is 0.399. The van der Waals surface area contributed by atoms with Crippen molar-refractivity contribution in [3.63, 3.8) is 0 Å². The molecule has 0 radical (unpaired) electrons. The summed E-state index contributed by atoms with van der Waals surface area (Å²) in [7, 11) is -1.00. The van der Waals surface area contributed by atoms with Gasteiger partial charge in [0.1, 0.15) is 0 Å². The fourth-order valence-electron chi connectivity index (χ4n) is 3.62. The van der Waals surface area contributed by atoms with Gasteiger partial charge in [-0.25, -0.2) is 4.79 Å². The van der Waals surface area contributed by atoms with Crippen molar-refractivity contribution in [3.8, 4) is 5.69 Å². The molecule has 0 saturated heterocycles. The molecule has 1 atom stereocenters. The van der Waals surface area contributed by atoms with Gasteiger partial charge >= 0.3 is 5.97 Å². The largest absolute Gasteiger partial charge is 0.454 e. The van der Waals surface area contributed by atoms with Gasteiger partial charge in [-0.1, -0.05) is 18.2 Å². The van der Waals surface area contributed by atoms with Crippen molar-refractivity contribution in [3.05, 3.63) is 87.7 Å². The van der Waals surface area contributed by atoms with Gasteiger partial charge in [0.2, 0.25) is 5.78 Å². The molecule has 5 nitrogen and oxygen atoms in total. The summed E-state index contributed by atoms with van der Waals surface area (Å²) in [4.78, 5) is 25.2. The van der Waals surface area contributed by atoms with E-state index in [0.717, 1.165) is 22.6 Å². The van der Waals surface area contributed by atoms with Gasteiger partial charge in [-0.05, 0) is 74.7 Å². The van der Waals surface area contributed by atoms with Gasteiger partial charge in [0.15, 0.2) is 6.61 Å². The summed E-state index contributed by atoms with van der Waals surface area (Å²) >= 11 is 0. The monoisotopic (exact) mass is 437 g/mol. The number of esters is 1. The Labute approximate surface area is 185 Å². The van der Waals surface area contributed by atoms with E-state index in [2.05, 4.69) is 26.0 Å². The molecule has 0 saturated carbocycles. The molecule has 31 heavy (non-hydrogen) atoms. The topological polar surface area (TPSA) is 65.4 Å². The number of carbonyl (C=O) groups excluding carboxylic acids is 2. The van der Waals surface area contributed by atoms with Crippen molar-refractivity contribution < 1.29 is 18.5 Å². The molecule has 1 unspecified atom stereocenters. The Kier molecular flexibility index (Phi) is 6.91. The minimum Gasteiger partial charge on any atom is -0.454 e. The van der Waals surface area contributed by atoms with Crippen LogP contribution in [0.25, 0.3) is 5.69 Å². The summed E-state index contributed by atoms with van der Waals surface area (Å²) < 4.78 is 18.7. The number of rotatable bonds is 7. The molecular formula is C25H27NO4S. The van der Waals surface area contributed by atoms with Crippen LogP contribution in [0.5, 0.6) is 0 Å². The van der Waals surface area contributed by atoms with E-state index in [1.54, 1.807) is 24.5 Å². The second-order valence-corrected chi connectivity index (χ2v) is 9.24. The number of ketones is 1. The molecule has 0 amide bonds. The molecule has 0 bridgehead atoms. The molecule has 3 aromatic rings. The summed E-state index contributed by atoms with van der Waals surface area (Å²) in [5, 5.41) is 0. The second kappa shape index (κ2) is 9.43. The maximum absolute atomic E-state index is 12.8. The molecule has 162 valence electrons. The van der Waals surface area contributed by atoms with Crippen molar-refractivity contribution in [1.29, 1.82) is 0 Å². The van der Waals surface area contributed by atoms with E-state index in [-0.39, 0.29) is 12.4 Å². The van der Waals surface area contributed by atoms with E-state index in [0.29, 0.717) is 16.9 Å². The van der Waals surface area contributed by atoms with Gasteiger partial charge in [0.25, 0.3) is 0 Å². The molecule has 0 aliphatic heterocycles. The number of carbonyl (C=O) groups is 2. The lowest BCUT2D eigenvalue weighted by Crippen LogP contribution is -2.15. The highest BCUT2D eigenvalue weighted by Gasteiger charge is 2.19. The van der Waals surface area contributed by atoms with Gasteiger partial charge < -0.3 is 9.30 Å². The molecule has 0 fully saturated rings. The minimum absolute atomic E-state index is 0.248. The van der Waals surface area contributed by atoms with Crippen LogP contribution in [0, 0.1) is 27.7 Å². The predicted octanol–water partition coefficient (Wildman–Crippen LogP) is 4.63. The van der Waals surface area contributed by atoms with E-state index in [9.17, 15) is 13.8 Å². The van der Waals surface area contributed by atoms with Crippen LogP contribution in [0.4, 0.5) is 0 Å². The van der Waals surface area contributed by atoms with Crippen LogP contribution in [-0.2, 0) is 21.3 Å². The zero-order valence-electron chi connectivity index (χ0n) is 18.5. The first-order valence-corrected chi connectivity index (χ1v) is 11.8. The van der Waals surface area contributed by atoms with Gasteiger partial charge in [0.05, 0.1) is 5.56 Å².